The molecule has 0 saturated carbocycles. The number of nitriles is 1. The molecule has 1 aromatic carbocycles. The third-order valence-corrected chi connectivity index (χ3v) is 2.18. The summed E-state index contributed by atoms with van der Waals surface area (Å²) in [4.78, 5) is 4.29. The summed E-state index contributed by atoms with van der Waals surface area (Å²) < 4.78 is 0. The summed E-state index contributed by atoms with van der Waals surface area (Å²) in [5.74, 6) is 0. The van der Waals surface area contributed by atoms with E-state index in [0.29, 0.717) is 6.42 Å². The van der Waals surface area contributed by atoms with Gasteiger partial charge in [0.05, 0.1) is 18.0 Å². The Morgan fingerprint density at radius 1 is 1.36 bits per heavy atom. The van der Waals surface area contributed by atoms with E-state index in [1.54, 1.807) is 6.20 Å². The molecule has 0 spiro atoms. The van der Waals surface area contributed by atoms with Crippen molar-refractivity contribution in [2.45, 2.75) is 13.3 Å². The van der Waals surface area contributed by atoms with Crippen LogP contribution in [0.3, 0.4) is 0 Å². The Bertz CT molecular complexity index is 509. The number of aromatic nitrogens is 1. The van der Waals surface area contributed by atoms with Gasteiger partial charge < -0.3 is 0 Å². The Morgan fingerprint density at radius 3 is 3.00 bits per heavy atom. The summed E-state index contributed by atoms with van der Waals surface area (Å²) in [5.41, 5.74) is 3.18. The van der Waals surface area contributed by atoms with Crippen LogP contribution in [0.2, 0.25) is 0 Å². The monoisotopic (exact) mass is 182 g/mol. The minimum Gasteiger partial charge on any atom is -0.256 e. The van der Waals surface area contributed by atoms with Crippen molar-refractivity contribution in [1.29, 1.82) is 5.26 Å². The lowest BCUT2D eigenvalue weighted by molar-refractivity contribution is 1.22. The first-order valence-electron chi connectivity index (χ1n) is 4.52. The number of pyridine rings is 1. The van der Waals surface area contributed by atoms with Crippen LogP contribution in [0.4, 0.5) is 0 Å². The Hall–Kier alpha value is -1.88. The number of hydrogen-bond acceptors (Lipinski definition) is 2. The minimum absolute atomic E-state index is 0.427. The van der Waals surface area contributed by atoms with Crippen LogP contribution in [0.1, 0.15) is 11.1 Å². The summed E-state index contributed by atoms with van der Waals surface area (Å²) >= 11 is 0. The molecule has 14 heavy (non-hydrogen) atoms. The molecule has 0 N–H and O–H groups in total. The quantitative estimate of drug-likeness (QED) is 0.679. The number of fused-ring (bicyclic) bond motifs is 1. The third-order valence-electron chi connectivity index (χ3n) is 2.18. The molecule has 0 unspecified atom stereocenters. The van der Waals surface area contributed by atoms with E-state index in [-0.39, 0.29) is 0 Å². The fourth-order valence-corrected chi connectivity index (χ4v) is 1.48. The van der Waals surface area contributed by atoms with Gasteiger partial charge in [0.25, 0.3) is 0 Å². The Balaban J connectivity index is 2.59. The van der Waals surface area contributed by atoms with E-state index in [1.807, 2.05) is 18.2 Å². The van der Waals surface area contributed by atoms with Crippen LogP contribution in [0.15, 0.2) is 30.5 Å². The molecule has 0 aliphatic heterocycles. The first-order valence-corrected chi connectivity index (χ1v) is 4.52. The van der Waals surface area contributed by atoms with E-state index < -0.39 is 0 Å². The Labute approximate surface area is 82.8 Å². The van der Waals surface area contributed by atoms with Crippen molar-refractivity contribution in [3.05, 3.63) is 41.6 Å². The molecule has 0 bridgehead atoms. The van der Waals surface area contributed by atoms with E-state index in [4.69, 9.17) is 5.26 Å². The fraction of sp³-hybridized carbons (Fsp3) is 0.167. The molecule has 0 fully saturated rings. The molecule has 0 aliphatic carbocycles. The average molecular weight is 182 g/mol. The lowest BCUT2D eigenvalue weighted by Crippen LogP contribution is -1.86. The van der Waals surface area contributed by atoms with Crippen molar-refractivity contribution < 1.29 is 0 Å². The molecule has 2 aromatic rings. The lowest BCUT2D eigenvalue weighted by atomic mass is 10.1. The molecular weight excluding hydrogens is 172 g/mol. The summed E-state index contributed by atoms with van der Waals surface area (Å²) in [5, 5.41) is 9.68. The van der Waals surface area contributed by atoms with E-state index in [2.05, 4.69) is 24.0 Å². The van der Waals surface area contributed by atoms with Gasteiger partial charge in [-0.05, 0) is 30.7 Å². The van der Waals surface area contributed by atoms with Gasteiger partial charge in [0.1, 0.15) is 0 Å². The van der Waals surface area contributed by atoms with Crippen LogP contribution < -0.4 is 0 Å². The van der Waals surface area contributed by atoms with Crippen LogP contribution in [0.25, 0.3) is 10.9 Å². The standard InChI is InChI=1S/C12H10N2/c1-9-2-3-12-11(6-9)7-10(4-5-13)8-14-12/h2-3,6-8H,4H2,1H3. The van der Waals surface area contributed by atoms with Gasteiger partial charge in [-0.2, -0.15) is 5.26 Å². The molecule has 1 aromatic heterocycles. The van der Waals surface area contributed by atoms with Crippen LogP contribution in [0, 0.1) is 18.3 Å². The van der Waals surface area contributed by atoms with Crippen molar-refractivity contribution in [2.75, 3.05) is 0 Å². The van der Waals surface area contributed by atoms with Gasteiger partial charge in [-0.25, -0.2) is 0 Å². The van der Waals surface area contributed by atoms with E-state index in [0.717, 1.165) is 16.5 Å². The zero-order valence-electron chi connectivity index (χ0n) is 7.99. The highest BCUT2D eigenvalue weighted by molar-refractivity contribution is 5.79. The van der Waals surface area contributed by atoms with Crippen molar-refractivity contribution in [3.8, 4) is 6.07 Å². The van der Waals surface area contributed by atoms with E-state index in [1.165, 1.54) is 5.56 Å². The van der Waals surface area contributed by atoms with Crippen LogP contribution in [-0.4, -0.2) is 4.98 Å². The summed E-state index contributed by atoms with van der Waals surface area (Å²) in [6, 6.07) is 10.3. The molecular formula is C12H10N2. The molecule has 2 rings (SSSR count). The SMILES string of the molecule is Cc1ccc2ncc(CC#N)cc2c1. The molecule has 0 aliphatic rings. The second-order valence-corrected chi connectivity index (χ2v) is 3.37. The highest BCUT2D eigenvalue weighted by atomic mass is 14.6. The van der Waals surface area contributed by atoms with Gasteiger partial charge in [0.2, 0.25) is 0 Å². The van der Waals surface area contributed by atoms with Crippen molar-refractivity contribution >= 4 is 10.9 Å². The van der Waals surface area contributed by atoms with Gasteiger partial charge in [-0.3, -0.25) is 4.98 Å². The number of aryl methyl sites for hydroxylation is 1. The second-order valence-electron chi connectivity index (χ2n) is 3.37. The number of hydrogen-bond donors (Lipinski definition) is 0. The minimum atomic E-state index is 0.427. The number of nitrogens with zero attached hydrogens (tertiary/aromatic N) is 2. The van der Waals surface area contributed by atoms with Gasteiger partial charge >= 0.3 is 0 Å². The highest BCUT2D eigenvalue weighted by Gasteiger charge is 1.97. The maximum atomic E-state index is 8.57. The first-order chi connectivity index (χ1) is 6.79. The second kappa shape index (κ2) is 3.47. The highest BCUT2D eigenvalue weighted by Crippen LogP contribution is 2.15. The third kappa shape index (κ3) is 1.57. The summed E-state index contributed by atoms with van der Waals surface area (Å²) in [6.07, 6.45) is 2.19. The number of rotatable bonds is 1. The Kier molecular flexibility index (Phi) is 2.16. The van der Waals surface area contributed by atoms with E-state index in [9.17, 15) is 0 Å². The van der Waals surface area contributed by atoms with Gasteiger partial charge in [0.15, 0.2) is 0 Å². The summed E-state index contributed by atoms with van der Waals surface area (Å²) in [7, 11) is 0. The van der Waals surface area contributed by atoms with Gasteiger partial charge in [0, 0.05) is 11.6 Å². The maximum absolute atomic E-state index is 8.57. The molecule has 1 heterocycles. The lowest BCUT2D eigenvalue weighted by Gasteiger charge is -2.00. The molecule has 0 atom stereocenters. The summed E-state index contributed by atoms with van der Waals surface area (Å²) in [6.45, 7) is 2.05. The Morgan fingerprint density at radius 2 is 2.21 bits per heavy atom. The smallest absolute Gasteiger partial charge is 0.0702 e. The van der Waals surface area contributed by atoms with Crippen molar-refractivity contribution in [3.63, 3.8) is 0 Å². The van der Waals surface area contributed by atoms with E-state index >= 15 is 0 Å². The first kappa shape index (κ1) is 8.71. The fourth-order valence-electron chi connectivity index (χ4n) is 1.48. The van der Waals surface area contributed by atoms with Gasteiger partial charge in [-0.15, -0.1) is 0 Å². The zero-order valence-corrected chi connectivity index (χ0v) is 7.99. The predicted octanol–water partition coefficient (Wildman–Crippen LogP) is 2.61. The van der Waals surface area contributed by atoms with Crippen LogP contribution in [-0.2, 0) is 6.42 Å². The molecule has 0 amide bonds. The largest absolute Gasteiger partial charge is 0.256 e. The van der Waals surface area contributed by atoms with Crippen LogP contribution in [0.5, 0.6) is 0 Å². The topological polar surface area (TPSA) is 36.7 Å². The zero-order chi connectivity index (χ0) is 9.97. The van der Waals surface area contributed by atoms with Crippen molar-refractivity contribution in [2.24, 2.45) is 0 Å². The normalized spacial score (nSPS) is 10.0. The molecule has 0 saturated heterocycles. The average Bonchev–Trinajstić information content (AvgIpc) is 2.17. The van der Waals surface area contributed by atoms with Crippen LogP contribution >= 0.6 is 0 Å². The maximum Gasteiger partial charge on any atom is 0.0702 e. The molecule has 2 heteroatoms. The molecule has 2 nitrogen and oxygen atoms in total. The molecule has 68 valence electrons. The van der Waals surface area contributed by atoms with Gasteiger partial charge in [-0.1, -0.05) is 11.6 Å². The predicted molar refractivity (Wildman–Crippen MR) is 55.8 cm³/mol. The number of benzene rings is 1. The van der Waals surface area contributed by atoms with Crippen molar-refractivity contribution in [1.82, 2.24) is 4.98 Å². The molecule has 0 radical (unpaired) electrons.